The van der Waals surface area contributed by atoms with Crippen molar-refractivity contribution >= 4 is 35.1 Å². The van der Waals surface area contributed by atoms with Crippen molar-refractivity contribution < 1.29 is 24.3 Å². The Morgan fingerprint density at radius 3 is 2.30 bits per heavy atom. The first kappa shape index (κ1) is 13.7. The van der Waals surface area contributed by atoms with Gasteiger partial charge in [0, 0.05) is 25.5 Å². The molecule has 20 heavy (non-hydrogen) atoms. The molecule has 1 heterocycles. The van der Waals surface area contributed by atoms with Crippen LogP contribution in [0.1, 0.15) is 30.1 Å². The normalized spacial score (nSPS) is 14.6. The molecule has 1 saturated heterocycles. The highest BCUT2D eigenvalue weighted by Gasteiger charge is 2.33. The van der Waals surface area contributed by atoms with Gasteiger partial charge < -0.3 is 10.4 Å². The Morgan fingerprint density at radius 2 is 1.80 bits per heavy atom. The van der Waals surface area contributed by atoms with Crippen LogP contribution in [0.25, 0.3) is 0 Å². The Bertz CT molecular complexity index is 607. The number of anilines is 2. The molecule has 1 aromatic rings. The Balaban J connectivity index is 2.48. The number of carboxylic acid groups (broad SMARTS) is 1. The van der Waals surface area contributed by atoms with Gasteiger partial charge in [-0.1, -0.05) is 0 Å². The van der Waals surface area contributed by atoms with Crippen molar-refractivity contribution in [1.29, 1.82) is 0 Å². The van der Waals surface area contributed by atoms with Gasteiger partial charge in [-0.3, -0.25) is 14.4 Å². The van der Waals surface area contributed by atoms with Gasteiger partial charge in [-0.25, -0.2) is 9.69 Å². The van der Waals surface area contributed by atoms with Gasteiger partial charge in [0.2, 0.25) is 17.7 Å². The predicted octanol–water partition coefficient (Wildman–Crippen LogP) is 0.997. The molecule has 0 spiro atoms. The third-order valence-electron chi connectivity index (χ3n) is 2.84. The molecular weight excluding hydrogens is 264 g/mol. The van der Waals surface area contributed by atoms with E-state index < -0.39 is 17.8 Å². The number of benzene rings is 1. The van der Waals surface area contributed by atoms with E-state index in [-0.39, 0.29) is 35.7 Å². The van der Waals surface area contributed by atoms with Gasteiger partial charge in [0.1, 0.15) is 0 Å². The van der Waals surface area contributed by atoms with E-state index in [1.807, 2.05) is 0 Å². The maximum Gasteiger partial charge on any atom is 0.337 e. The molecule has 0 aliphatic carbocycles. The second kappa shape index (κ2) is 5.12. The van der Waals surface area contributed by atoms with Crippen LogP contribution in [-0.2, 0) is 14.4 Å². The molecule has 0 saturated carbocycles. The molecule has 7 heteroatoms. The zero-order valence-electron chi connectivity index (χ0n) is 10.7. The maximum absolute atomic E-state index is 11.7. The summed E-state index contributed by atoms with van der Waals surface area (Å²) in [4.78, 5) is 46.4. The first-order valence-corrected chi connectivity index (χ1v) is 5.91. The van der Waals surface area contributed by atoms with Gasteiger partial charge in [0.15, 0.2) is 0 Å². The number of amides is 3. The van der Waals surface area contributed by atoms with E-state index >= 15 is 0 Å². The number of rotatable bonds is 3. The summed E-state index contributed by atoms with van der Waals surface area (Å²) in [5.74, 6) is -2.48. The lowest BCUT2D eigenvalue weighted by atomic mass is 10.1. The fraction of sp³-hybridized carbons (Fsp3) is 0.231. The summed E-state index contributed by atoms with van der Waals surface area (Å²) in [6.07, 6.45) is 0.149. The van der Waals surface area contributed by atoms with Crippen LogP contribution in [0.3, 0.4) is 0 Å². The van der Waals surface area contributed by atoms with Crippen molar-refractivity contribution in [3.63, 3.8) is 0 Å². The zero-order valence-corrected chi connectivity index (χ0v) is 10.7. The lowest BCUT2D eigenvalue weighted by molar-refractivity contribution is -0.121. The predicted molar refractivity (Wildman–Crippen MR) is 69.4 cm³/mol. The quantitative estimate of drug-likeness (QED) is 0.801. The first-order chi connectivity index (χ1) is 9.40. The van der Waals surface area contributed by atoms with Crippen molar-refractivity contribution in [2.75, 3.05) is 10.2 Å². The largest absolute Gasteiger partial charge is 0.478 e. The fourth-order valence-electron chi connectivity index (χ4n) is 2.03. The highest BCUT2D eigenvalue weighted by Crippen LogP contribution is 2.28. The molecule has 3 amide bonds. The van der Waals surface area contributed by atoms with Crippen LogP contribution in [0.5, 0.6) is 0 Å². The van der Waals surface area contributed by atoms with E-state index in [0.29, 0.717) is 0 Å². The number of hydrogen-bond acceptors (Lipinski definition) is 4. The molecule has 104 valence electrons. The van der Waals surface area contributed by atoms with Crippen LogP contribution < -0.4 is 10.2 Å². The summed E-state index contributed by atoms with van der Waals surface area (Å²) in [5, 5.41) is 11.6. The Kier molecular flexibility index (Phi) is 3.51. The Labute approximate surface area is 114 Å². The van der Waals surface area contributed by atoms with Crippen molar-refractivity contribution in [3.8, 4) is 0 Å². The molecule has 1 fully saturated rings. The van der Waals surface area contributed by atoms with Gasteiger partial charge in [-0.15, -0.1) is 0 Å². The van der Waals surface area contributed by atoms with E-state index in [4.69, 9.17) is 0 Å². The number of carboxylic acids is 1. The minimum Gasteiger partial charge on any atom is -0.478 e. The molecule has 7 nitrogen and oxygen atoms in total. The number of carbonyl (C=O) groups is 4. The number of nitrogens with one attached hydrogen (secondary N) is 1. The third kappa shape index (κ3) is 2.51. The molecule has 1 aliphatic rings. The smallest absolute Gasteiger partial charge is 0.337 e. The highest BCUT2D eigenvalue weighted by atomic mass is 16.4. The van der Waals surface area contributed by atoms with Gasteiger partial charge in [0.25, 0.3) is 0 Å². The number of aromatic carboxylic acids is 1. The average molecular weight is 276 g/mol. The molecule has 1 aliphatic heterocycles. The van der Waals surface area contributed by atoms with Crippen LogP contribution in [0, 0.1) is 0 Å². The maximum atomic E-state index is 11.7. The minimum atomic E-state index is -1.28. The van der Waals surface area contributed by atoms with Gasteiger partial charge in [-0.2, -0.15) is 0 Å². The number of nitrogens with zero attached hydrogens (tertiary/aromatic N) is 1. The Hall–Kier alpha value is -2.70. The lowest BCUT2D eigenvalue weighted by Gasteiger charge is -2.17. The second-order valence-corrected chi connectivity index (χ2v) is 4.34. The van der Waals surface area contributed by atoms with Gasteiger partial charge >= 0.3 is 5.97 Å². The van der Waals surface area contributed by atoms with Crippen LogP contribution in [-0.4, -0.2) is 28.8 Å². The molecule has 2 N–H and O–H groups in total. The summed E-state index contributed by atoms with van der Waals surface area (Å²) in [6, 6.07) is 4.01. The van der Waals surface area contributed by atoms with Crippen LogP contribution in [0.15, 0.2) is 18.2 Å². The molecule has 0 atom stereocenters. The topological polar surface area (TPSA) is 104 Å². The van der Waals surface area contributed by atoms with Crippen LogP contribution >= 0.6 is 0 Å². The van der Waals surface area contributed by atoms with Crippen molar-refractivity contribution in [3.05, 3.63) is 23.8 Å². The molecule has 0 bridgehead atoms. The first-order valence-electron chi connectivity index (χ1n) is 5.91. The molecule has 1 aromatic carbocycles. The van der Waals surface area contributed by atoms with E-state index in [0.717, 1.165) is 4.90 Å². The summed E-state index contributed by atoms with van der Waals surface area (Å²) in [5.41, 5.74) is 0.108. The molecule has 2 rings (SSSR count). The van der Waals surface area contributed by atoms with Crippen LogP contribution in [0.4, 0.5) is 11.4 Å². The number of carbonyl (C=O) groups excluding carboxylic acids is 3. The van der Waals surface area contributed by atoms with Gasteiger partial charge in [-0.05, 0) is 18.2 Å². The second-order valence-electron chi connectivity index (χ2n) is 4.34. The van der Waals surface area contributed by atoms with Crippen molar-refractivity contribution in [2.45, 2.75) is 19.8 Å². The van der Waals surface area contributed by atoms with E-state index in [9.17, 15) is 24.3 Å². The molecule has 0 unspecified atom stereocenters. The molecular formula is C13H12N2O5. The molecule has 0 aromatic heterocycles. The van der Waals surface area contributed by atoms with E-state index in [1.54, 1.807) is 0 Å². The van der Waals surface area contributed by atoms with Crippen molar-refractivity contribution in [2.24, 2.45) is 0 Å². The SMILES string of the molecule is CC(=O)Nc1ccc(N2C(=O)CCC2=O)c(C(=O)O)c1. The van der Waals surface area contributed by atoms with Gasteiger partial charge in [0.05, 0.1) is 11.3 Å². The number of hydrogen-bond donors (Lipinski definition) is 2. The van der Waals surface area contributed by atoms with E-state index in [2.05, 4.69) is 5.32 Å². The minimum absolute atomic E-state index is 0.0269. The zero-order chi connectivity index (χ0) is 14.9. The van der Waals surface area contributed by atoms with E-state index in [1.165, 1.54) is 25.1 Å². The summed E-state index contributed by atoms with van der Waals surface area (Å²) in [6.45, 7) is 1.29. The summed E-state index contributed by atoms with van der Waals surface area (Å²) >= 11 is 0. The summed E-state index contributed by atoms with van der Waals surface area (Å²) < 4.78 is 0. The number of imide groups is 1. The lowest BCUT2D eigenvalue weighted by Crippen LogP contribution is -2.30. The monoisotopic (exact) mass is 276 g/mol. The van der Waals surface area contributed by atoms with Crippen LogP contribution in [0.2, 0.25) is 0 Å². The third-order valence-corrected chi connectivity index (χ3v) is 2.84. The molecule has 0 radical (unpaired) electrons. The highest BCUT2D eigenvalue weighted by molar-refractivity contribution is 6.22. The van der Waals surface area contributed by atoms with Crippen molar-refractivity contribution in [1.82, 2.24) is 0 Å². The standard InChI is InChI=1S/C13H12N2O5/c1-7(16)14-8-2-3-10(9(6-8)13(19)20)15-11(17)4-5-12(15)18/h2-3,6H,4-5H2,1H3,(H,14,16)(H,19,20). The summed E-state index contributed by atoms with van der Waals surface area (Å²) in [7, 11) is 0. The fourth-order valence-corrected chi connectivity index (χ4v) is 2.03. The Morgan fingerprint density at radius 1 is 1.20 bits per heavy atom. The average Bonchev–Trinajstić information content (AvgIpc) is 2.68.